The minimum Gasteiger partial charge on any atom is -0.379 e. The molecule has 0 aliphatic carbocycles. The van der Waals surface area contributed by atoms with Crippen LogP contribution >= 0.6 is 0 Å². The molecule has 1 N–H and O–H groups in total. The third kappa shape index (κ3) is 3.58. The van der Waals surface area contributed by atoms with Crippen molar-refractivity contribution in [2.45, 2.75) is 4.90 Å². The summed E-state index contributed by atoms with van der Waals surface area (Å²) >= 11 is 0. The molecule has 134 valence electrons. The number of benzene rings is 1. The fourth-order valence-corrected chi connectivity index (χ4v) is 4.07. The summed E-state index contributed by atoms with van der Waals surface area (Å²) in [6.07, 6.45) is 1.38. The van der Waals surface area contributed by atoms with Crippen LogP contribution in [0.5, 0.6) is 0 Å². The van der Waals surface area contributed by atoms with Crippen LogP contribution in [0.1, 0.15) is 10.5 Å². The van der Waals surface area contributed by atoms with Crippen LogP contribution < -0.4 is 5.32 Å². The Bertz CT molecular complexity index is 889. The van der Waals surface area contributed by atoms with E-state index in [1.54, 1.807) is 13.1 Å². The van der Waals surface area contributed by atoms with Gasteiger partial charge in [-0.3, -0.25) is 4.79 Å². The summed E-state index contributed by atoms with van der Waals surface area (Å²) in [5.74, 6) is -1.15. The average molecular weight is 367 g/mol. The van der Waals surface area contributed by atoms with Crippen LogP contribution in [-0.4, -0.2) is 49.5 Å². The van der Waals surface area contributed by atoms with E-state index in [9.17, 15) is 17.6 Å². The second-order valence-corrected chi connectivity index (χ2v) is 7.56. The summed E-state index contributed by atoms with van der Waals surface area (Å²) in [4.78, 5) is 12.4. The molecule has 0 atom stereocenters. The molecule has 7 nitrogen and oxygen atoms in total. The number of hydrogen-bond donors (Lipinski definition) is 1. The Morgan fingerprint density at radius 2 is 1.92 bits per heavy atom. The summed E-state index contributed by atoms with van der Waals surface area (Å²) in [6.45, 7) is 1.22. The van der Waals surface area contributed by atoms with Crippen molar-refractivity contribution in [1.82, 2.24) is 8.87 Å². The van der Waals surface area contributed by atoms with E-state index < -0.39 is 21.7 Å². The number of hydrogen-bond acceptors (Lipinski definition) is 4. The number of amides is 1. The fraction of sp³-hybridized carbons (Fsp3) is 0.312. The fourth-order valence-electron chi connectivity index (χ4n) is 2.59. The summed E-state index contributed by atoms with van der Waals surface area (Å²) in [6, 6.07) is 7.07. The molecule has 0 spiro atoms. The number of aryl methyl sites for hydroxylation is 1. The van der Waals surface area contributed by atoms with Gasteiger partial charge in [-0.05, 0) is 18.2 Å². The van der Waals surface area contributed by atoms with Crippen molar-refractivity contribution >= 4 is 21.6 Å². The molecule has 1 aliphatic heterocycles. The first kappa shape index (κ1) is 17.6. The highest BCUT2D eigenvalue weighted by Crippen LogP contribution is 2.21. The maximum absolute atomic E-state index is 13.7. The number of nitrogens with zero attached hydrogens (tertiary/aromatic N) is 2. The zero-order chi connectivity index (χ0) is 18.0. The molecule has 3 rings (SSSR count). The van der Waals surface area contributed by atoms with E-state index in [1.165, 1.54) is 39.3 Å². The van der Waals surface area contributed by atoms with E-state index in [0.29, 0.717) is 13.2 Å². The third-order valence-corrected chi connectivity index (χ3v) is 5.81. The van der Waals surface area contributed by atoms with Crippen molar-refractivity contribution in [3.8, 4) is 0 Å². The number of nitrogens with one attached hydrogen (secondary N) is 1. The van der Waals surface area contributed by atoms with Crippen molar-refractivity contribution in [3.63, 3.8) is 0 Å². The largest absolute Gasteiger partial charge is 0.379 e. The van der Waals surface area contributed by atoms with Crippen LogP contribution in [0.15, 0.2) is 41.4 Å². The van der Waals surface area contributed by atoms with Crippen molar-refractivity contribution in [1.29, 1.82) is 0 Å². The van der Waals surface area contributed by atoms with Gasteiger partial charge in [0.05, 0.1) is 18.9 Å². The SMILES string of the molecule is Cn1cc(S(=O)(=O)N2CCOCC2)cc1C(=O)Nc1ccccc1F. The predicted octanol–water partition coefficient (Wildman–Crippen LogP) is 1.44. The van der Waals surface area contributed by atoms with Crippen molar-refractivity contribution < 1.29 is 22.3 Å². The Hall–Kier alpha value is -2.23. The molecule has 1 aromatic carbocycles. The molecule has 1 aromatic heterocycles. The normalized spacial score (nSPS) is 15.9. The minimum absolute atomic E-state index is 0.0237. The summed E-state index contributed by atoms with van der Waals surface area (Å²) in [7, 11) is -2.14. The lowest BCUT2D eigenvalue weighted by atomic mass is 10.3. The number of halogens is 1. The number of ether oxygens (including phenoxy) is 1. The molecule has 1 amide bonds. The molecule has 9 heteroatoms. The number of carbonyl (C=O) groups excluding carboxylic acids is 1. The Kier molecular flexibility index (Phi) is 4.89. The molecule has 1 fully saturated rings. The van der Waals surface area contributed by atoms with E-state index in [0.717, 1.165) is 0 Å². The first-order valence-electron chi connectivity index (χ1n) is 7.70. The molecular formula is C16H18FN3O4S. The molecule has 0 radical (unpaired) electrons. The van der Waals surface area contributed by atoms with Crippen molar-refractivity contribution in [2.24, 2.45) is 7.05 Å². The lowest BCUT2D eigenvalue weighted by Crippen LogP contribution is -2.40. The molecule has 2 heterocycles. The monoisotopic (exact) mass is 367 g/mol. The van der Waals surface area contributed by atoms with Crippen LogP contribution in [-0.2, 0) is 21.8 Å². The molecule has 1 aliphatic rings. The van der Waals surface area contributed by atoms with E-state index in [-0.39, 0.29) is 29.4 Å². The second kappa shape index (κ2) is 6.95. The smallest absolute Gasteiger partial charge is 0.272 e. The van der Waals surface area contributed by atoms with Gasteiger partial charge in [0.15, 0.2) is 0 Å². The quantitative estimate of drug-likeness (QED) is 0.887. The zero-order valence-corrected chi connectivity index (χ0v) is 14.4. The lowest BCUT2D eigenvalue weighted by Gasteiger charge is -2.25. The molecule has 1 saturated heterocycles. The zero-order valence-electron chi connectivity index (χ0n) is 13.6. The Morgan fingerprint density at radius 1 is 1.24 bits per heavy atom. The predicted molar refractivity (Wildman–Crippen MR) is 89.3 cm³/mol. The van der Waals surface area contributed by atoms with Gasteiger partial charge in [-0.1, -0.05) is 12.1 Å². The van der Waals surface area contributed by atoms with Gasteiger partial charge in [-0.25, -0.2) is 12.8 Å². The van der Waals surface area contributed by atoms with Gasteiger partial charge >= 0.3 is 0 Å². The number of aromatic nitrogens is 1. The number of anilines is 1. The maximum Gasteiger partial charge on any atom is 0.272 e. The number of para-hydroxylation sites is 1. The van der Waals surface area contributed by atoms with Crippen LogP contribution in [0.4, 0.5) is 10.1 Å². The standard InChI is InChI=1S/C16H18FN3O4S/c1-19-11-12(25(22,23)20-6-8-24-9-7-20)10-15(19)16(21)18-14-5-3-2-4-13(14)17/h2-5,10-11H,6-9H2,1H3,(H,18,21). The van der Waals surface area contributed by atoms with E-state index >= 15 is 0 Å². The second-order valence-electron chi connectivity index (χ2n) is 5.62. The number of rotatable bonds is 4. The Labute approximate surface area is 145 Å². The minimum atomic E-state index is -3.70. The summed E-state index contributed by atoms with van der Waals surface area (Å²) in [5, 5.41) is 2.45. The summed E-state index contributed by atoms with van der Waals surface area (Å²) < 4.78 is 46.9. The first-order valence-corrected chi connectivity index (χ1v) is 9.14. The van der Waals surface area contributed by atoms with Crippen LogP contribution in [0.2, 0.25) is 0 Å². The number of morpholine rings is 1. The van der Waals surface area contributed by atoms with Crippen LogP contribution in [0.25, 0.3) is 0 Å². The van der Waals surface area contributed by atoms with Gasteiger partial charge in [-0.15, -0.1) is 0 Å². The third-order valence-electron chi connectivity index (χ3n) is 3.94. The highest BCUT2D eigenvalue weighted by atomic mass is 32.2. The molecule has 25 heavy (non-hydrogen) atoms. The van der Waals surface area contributed by atoms with Gasteiger partial charge in [0, 0.05) is 26.3 Å². The van der Waals surface area contributed by atoms with E-state index in [2.05, 4.69) is 5.32 Å². The molecule has 2 aromatic rings. The van der Waals surface area contributed by atoms with Crippen molar-refractivity contribution in [2.75, 3.05) is 31.6 Å². The Balaban J connectivity index is 1.84. The van der Waals surface area contributed by atoms with Gasteiger partial charge in [0.1, 0.15) is 16.4 Å². The molecule has 0 bridgehead atoms. The topological polar surface area (TPSA) is 80.6 Å². The van der Waals surface area contributed by atoms with E-state index in [4.69, 9.17) is 4.74 Å². The molecule has 0 unspecified atom stereocenters. The van der Waals surface area contributed by atoms with Gasteiger partial charge < -0.3 is 14.6 Å². The van der Waals surface area contributed by atoms with Crippen LogP contribution in [0, 0.1) is 5.82 Å². The van der Waals surface area contributed by atoms with Crippen molar-refractivity contribution in [3.05, 3.63) is 48.0 Å². The molecule has 0 saturated carbocycles. The van der Waals surface area contributed by atoms with Gasteiger partial charge in [0.25, 0.3) is 5.91 Å². The first-order chi connectivity index (χ1) is 11.9. The molecular weight excluding hydrogens is 349 g/mol. The van der Waals surface area contributed by atoms with Gasteiger partial charge in [-0.2, -0.15) is 4.31 Å². The number of carbonyl (C=O) groups is 1. The number of sulfonamides is 1. The van der Waals surface area contributed by atoms with Crippen LogP contribution in [0.3, 0.4) is 0 Å². The average Bonchev–Trinajstić information content (AvgIpc) is 3.00. The summed E-state index contributed by atoms with van der Waals surface area (Å²) in [5.41, 5.74) is 0.154. The highest BCUT2D eigenvalue weighted by Gasteiger charge is 2.28. The lowest BCUT2D eigenvalue weighted by molar-refractivity contribution is 0.0730. The van der Waals surface area contributed by atoms with E-state index in [1.807, 2.05) is 0 Å². The van der Waals surface area contributed by atoms with Gasteiger partial charge in [0.2, 0.25) is 10.0 Å². The maximum atomic E-state index is 13.7. The Morgan fingerprint density at radius 3 is 2.60 bits per heavy atom. The highest BCUT2D eigenvalue weighted by molar-refractivity contribution is 7.89.